The largest absolute Gasteiger partial charge is 0.326 e. The average Bonchev–Trinajstić information content (AvgIpc) is 2.95. The Hall–Kier alpha value is -2.73. The van der Waals surface area contributed by atoms with Crippen molar-refractivity contribution in [2.75, 3.05) is 5.32 Å². The predicted molar refractivity (Wildman–Crippen MR) is 90.3 cm³/mol. The number of nitrogens with zero attached hydrogens (tertiary/aromatic N) is 3. The van der Waals surface area contributed by atoms with Crippen molar-refractivity contribution in [1.29, 1.82) is 0 Å². The summed E-state index contributed by atoms with van der Waals surface area (Å²) in [6.45, 7) is 4.49. The number of carbonyl (C=O) groups excluding carboxylic acids is 1. The predicted octanol–water partition coefficient (Wildman–Crippen LogP) is 2.34. The number of fused-ring (bicyclic) bond motifs is 1. The lowest BCUT2D eigenvalue weighted by Gasteiger charge is -2.06. The number of rotatable bonds is 4. The van der Waals surface area contributed by atoms with Crippen LogP contribution < -0.4 is 11.1 Å². The standard InChI is InChI=1S/C17H19N5O/c1-11-3-4-13-6-15(8-19-16(13)5-11)21-17(23)14-7-20-22(10-14)9-12(2)18/h3-8,10,12H,9,18H2,1-2H3,(H,21,23). The zero-order valence-electron chi connectivity index (χ0n) is 13.2. The zero-order valence-corrected chi connectivity index (χ0v) is 13.2. The fourth-order valence-electron chi connectivity index (χ4n) is 2.38. The summed E-state index contributed by atoms with van der Waals surface area (Å²) in [5, 5.41) is 7.97. The molecule has 3 rings (SSSR count). The Labute approximate surface area is 134 Å². The second-order valence-corrected chi connectivity index (χ2v) is 5.80. The van der Waals surface area contributed by atoms with Crippen molar-refractivity contribution >= 4 is 22.5 Å². The lowest BCUT2D eigenvalue weighted by Crippen LogP contribution is -2.22. The minimum Gasteiger partial charge on any atom is -0.326 e. The van der Waals surface area contributed by atoms with Crippen LogP contribution in [0, 0.1) is 6.92 Å². The molecule has 0 spiro atoms. The maximum Gasteiger partial charge on any atom is 0.258 e. The molecule has 0 saturated heterocycles. The first kappa shape index (κ1) is 15.2. The maximum absolute atomic E-state index is 12.3. The Morgan fingerprint density at radius 3 is 2.96 bits per heavy atom. The lowest BCUT2D eigenvalue weighted by atomic mass is 10.1. The van der Waals surface area contributed by atoms with E-state index >= 15 is 0 Å². The van der Waals surface area contributed by atoms with E-state index in [9.17, 15) is 4.79 Å². The van der Waals surface area contributed by atoms with E-state index in [0.29, 0.717) is 17.8 Å². The van der Waals surface area contributed by atoms with Gasteiger partial charge >= 0.3 is 0 Å². The number of hydrogen-bond donors (Lipinski definition) is 2. The quantitative estimate of drug-likeness (QED) is 0.774. The van der Waals surface area contributed by atoms with Gasteiger partial charge in [-0.1, -0.05) is 12.1 Å². The van der Waals surface area contributed by atoms with E-state index in [-0.39, 0.29) is 11.9 Å². The summed E-state index contributed by atoms with van der Waals surface area (Å²) in [7, 11) is 0. The van der Waals surface area contributed by atoms with Crippen molar-refractivity contribution in [1.82, 2.24) is 14.8 Å². The van der Waals surface area contributed by atoms with E-state index < -0.39 is 0 Å². The summed E-state index contributed by atoms with van der Waals surface area (Å²) in [6.07, 6.45) is 4.89. The fourth-order valence-corrected chi connectivity index (χ4v) is 2.38. The van der Waals surface area contributed by atoms with Crippen LogP contribution in [0.5, 0.6) is 0 Å². The summed E-state index contributed by atoms with van der Waals surface area (Å²) in [5.41, 5.74) is 8.95. The first-order valence-corrected chi connectivity index (χ1v) is 7.47. The highest BCUT2D eigenvalue weighted by molar-refractivity contribution is 6.04. The van der Waals surface area contributed by atoms with Crippen molar-refractivity contribution in [3.63, 3.8) is 0 Å². The number of hydrogen-bond acceptors (Lipinski definition) is 4. The Balaban J connectivity index is 1.77. The van der Waals surface area contributed by atoms with Gasteiger partial charge in [-0.15, -0.1) is 0 Å². The molecule has 2 heterocycles. The number of aryl methyl sites for hydroxylation is 1. The van der Waals surface area contributed by atoms with Gasteiger partial charge in [0.05, 0.1) is 35.7 Å². The molecule has 6 heteroatoms. The van der Waals surface area contributed by atoms with Gasteiger partial charge in [0.25, 0.3) is 5.91 Å². The van der Waals surface area contributed by atoms with Crippen LogP contribution in [0.4, 0.5) is 5.69 Å². The first-order chi connectivity index (χ1) is 11.0. The van der Waals surface area contributed by atoms with Gasteiger partial charge in [-0.05, 0) is 31.5 Å². The molecule has 1 aromatic carbocycles. The lowest BCUT2D eigenvalue weighted by molar-refractivity contribution is 0.102. The van der Waals surface area contributed by atoms with Crippen LogP contribution in [0.3, 0.4) is 0 Å². The van der Waals surface area contributed by atoms with E-state index in [4.69, 9.17) is 5.73 Å². The topological polar surface area (TPSA) is 85.8 Å². The average molecular weight is 309 g/mol. The van der Waals surface area contributed by atoms with Crippen LogP contribution >= 0.6 is 0 Å². The molecule has 0 saturated carbocycles. The second-order valence-electron chi connectivity index (χ2n) is 5.80. The highest BCUT2D eigenvalue weighted by Gasteiger charge is 2.10. The van der Waals surface area contributed by atoms with E-state index in [0.717, 1.165) is 16.5 Å². The third-order valence-corrected chi connectivity index (χ3v) is 3.47. The fraction of sp³-hybridized carbons (Fsp3) is 0.235. The molecule has 1 unspecified atom stereocenters. The van der Waals surface area contributed by atoms with Gasteiger partial charge in [-0.2, -0.15) is 5.10 Å². The van der Waals surface area contributed by atoms with Gasteiger partial charge < -0.3 is 11.1 Å². The minimum atomic E-state index is -0.214. The van der Waals surface area contributed by atoms with E-state index in [2.05, 4.69) is 15.4 Å². The van der Waals surface area contributed by atoms with E-state index in [1.54, 1.807) is 17.1 Å². The Morgan fingerprint density at radius 2 is 2.17 bits per heavy atom. The smallest absolute Gasteiger partial charge is 0.258 e. The third kappa shape index (κ3) is 3.54. The minimum absolute atomic E-state index is 0.0149. The molecule has 1 amide bonds. The molecule has 2 aromatic heterocycles. The number of aromatic nitrogens is 3. The number of nitrogens with two attached hydrogens (primary N) is 1. The molecule has 23 heavy (non-hydrogen) atoms. The number of amides is 1. The molecule has 0 aliphatic rings. The third-order valence-electron chi connectivity index (χ3n) is 3.47. The normalized spacial score (nSPS) is 12.3. The van der Waals surface area contributed by atoms with Gasteiger partial charge in [0.2, 0.25) is 0 Å². The molecule has 3 N–H and O–H groups in total. The van der Waals surface area contributed by atoms with Gasteiger partial charge in [0.15, 0.2) is 0 Å². The SMILES string of the molecule is Cc1ccc2cc(NC(=O)c3cnn(CC(C)N)c3)cnc2c1. The van der Waals surface area contributed by atoms with E-state index in [1.165, 1.54) is 6.20 Å². The molecule has 3 aromatic rings. The number of pyridine rings is 1. The van der Waals surface area contributed by atoms with Crippen LogP contribution in [0.25, 0.3) is 10.9 Å². The second kappa shape index (κ2) is 6.18. The molecule has 0 bridgehead atoms. The van der Waals surface area contributed by atoms with E-state index in [1.807, 2.05) is 38.1 Å². The first-order valence-electron chi connectivity index (χ1n) is 7.47. The molecule has 0 aliphatic heterocycles. The van der Waals surface area contributed by atoms with Crippen LogP contribution in [-0.2, 0) is 6.54 Å². The van der Waals surface area contributed by atoms with Gasteiger partial charge in [-0.3, -0.25) is 14.5 Å². The highest BCUT2D eigenvalue weighted by Crippen LogP contribution is 2.18. The van der Waals surface area contributed by atoms with Crippen molar-refractivity contribution in [3.8, 4) is 0 Å². The highest BCUT2D eigenvalue weighted by atomic mass is 16.1. The van der Waals surface area contributed by atoms with Crippen LogP contribution in [0.15, 0.2) is 42.9 Å². The Kier molecular flexibility index (Phi) is 4.08. The van der Waals surface area contributed by atoms with Crippen molar-refractivity contribution in [2.45, 2.75) is 26.4 Å². The van der Waals surface area contributed by atoms with Gasteiger partial charge in [-0.25, -0.2) is 0 Å². The summed E-state index contributed by atoms with van der Waals surface area (Å²) >= 11 is 0. The molecule has 118 valence electrons. The number of anilines is 1. The Morgan fingerprint density at radius 1 is 1.35 bits per heavy atom. The monoisotopic (exact) mass is 309 g/mol. The van der Waals surface area contributed by atoms with Gasteiger partial charge in [0.1, 0.15) is 0 Å². The Bertz CT molecular complexity index is 853. The molecule has 0 radical (unpaired) electrons. The molecule has 0 aliphatic carbocycles. The summed E-state index contributed by atoms with van der Waals surface area (Å²) in [5.74, 6) is -0.214. The van der Waals surface area contributed by atoms with Gasteiger partial charge in [0, 0.05) is 17.6 Å². The maximum atomic E-state index is 12.3. The molecular weight excluding hydrogens is 290 g/mol. The number of nitrogens with one attached hydrogen (secondary N) is 1. The van der Waals surface area contributed by atoms with Crippen LogP contribution in [0.1, 0.15) is 22.8 Å². The molecule has 6 nitrogen and oxygen atoms in total. The summed E-state index contributed by atoms with van der Waals surface area (Å²) < 4.78 is 1.67. The van der Waals surface area contributed by atoms with Crippen molar-refractivity contribution in [3.05, 3.63) is 54.0 Å². The summed E-state index contributed by atoms with van der Waals surface area (Å²) in [4.78, 5) is 16.7. The van der Waals surface area contributed by atoms with Crippen molar-refractivity contribution < 1.29 is 4.79 Å². The molecule has 0 fully saturated rings. The van der Waals surface area contributed by atoms with Crippen LogP contribution in [0.2, 0.25) is 0 Å². The summed E-state index contributed by atoms with van der Waals surface area (Å²) in [6, 6.07) is 7.92. The zero-order chi connectivity index (χ0) is 16.4. The number of benzene rings is 1. The molecular formula is C17H19N5O. The number of carbonyl (C=O) groups is 1. The van der Waals surface area contributed by atoms with Crippen LogP contribution in [-0.4, -0.2) is 26.7 Å². The van der Waals surface area contributed by atoms with Crippen molar-refractivity contribution in [2.24, 2.45) is 5.73 Å². The molecule has 1 atom stereocenters.